The molecule has 1 atom stereocenters. The standard InChI is InChI=1S/C21H24BrNO2/c1-3-5-6-15(4-2)14-24-18-10-7-16(8-11-18)21-19-13-17(22)9-12-20(19)23-25-21/h7-13,15H,3-6,14H2,1-2H3. The van der Waals surface area contributed by atoms with Crippen molar-refractivity contribution in [2.75, 3.05) is 6.61 Å². The van der Waals surface area contributed by atoms with Gasteiger partial charge in [-0.15, -0.1) is 0 Å². The highest BCUT2D eigenvalue weighted by atomic mass is 79.9. The van der Waals surface area contributed by atoms with E-state index in [1.54, 1.807) is 0 Å². The van der Waals surface area contributed by atoms with Gasteiger partial charge in [-0.05, 0) is 54.8 Å². The number of rotatable bonds is 8. The molecule has 0 aliphatic carbocycles. The van der Waals surface area contributed by atoms with Crippen LogP contribution in [0.25, 0.3) is 22.2 Å². The fourth-order valence-electron chi connectivity index (χ4n) is 2.94. The van der Waals surface area contributed by atoms with Crippen LogP contribution in [0.1, 0.15) is 39.5 Å². The molecule has 132 valence electrons. The van der Waals surface area contributed by atoms with E-state index in [1.807, 2.05) is 42.5 Å². The van der Waals surface area contributed by atoms with Crippen molar-refractivity contribution in [1.29, 1.82) is 0 Å². The quantitative estimate of drug-likeness (QED) is 0.413. The maximum atomic E-state index is 5.98. The first-order chi connectivity index (χ1) is 12.2. The van der Waals surface area contributed by atoms with Gasteiger partial charge in [-0.25, -0.2) is 0 Å². The van der Waals surface area contributed by atoms with E-state index < -0.39 is 0 Å². The smallest absolute Gasteiger partial charge is 0.174 e. The number of unbranched alkanes of at least 4 members (excludes halogenated alkanes) is 1. The third kappa shape index (κ3) is 4.43. The summed E-state index contributed by atoms with van der Waals surface area (Å²) < 4.78 is 12.5. The Labute approximate surface area is 157 Å². The van der Waals surface area contributed by atoms with Crippen LogP contribution in [-0.2, 0) is 0 Å². The summed E-state index contributed by atoms with van der Waals surface area (Å²) in [7, 11) is 0. The third-order valence-electron chi connectivity index (χ3n) is 4.58. The Hall–Kier alpha value is -1.81. The Balaban J connectivity index is 1.70. The molecular weight excluding hydrogens is 378 g/mol. The molecule has 3 nitrogen and oxygen atoms in total. The number of aromatic nitrogens is 1. The Bertz CT molecular complexity index is 810. The average Bonchev–Trinajstić information content (AvgIpc) is 3.05. The lowest BCUT2D eigenvalue weighted by molar-refractivity contribution is 0.233. The Morgan fingerprint density at radius 2 is 1.92 bits per heavy atom. The molecule has 0 aliphatic heterocycles. The summed E-state index contributed by atoms with van der Waals surface area (Å²) in [6.45, 7) is 5.26. The molecule has 0 saturated heterocycles. The predicted molar refractivity (Wildman–Crippen MR) is 106 cm³/mol. The van der Waals surface area contributed by atoms with Gasteiger partial charge in [0.25, 0.3) is 0 Å². The van der Waals surface area contributed by atoms with Crippen LogP contribution in [0.3, 0.4) is 0 Å². The second kappa shape index (κ2) is 8.52. The summed E-state index contributed by atoms with van der Waals surface area (Å²) in [6, 6.07) is 14.0. The molecule has 0 aliphatic rings. The van der Waals surface area contributed by atoms with Gasteiger partial charge in [-0.1, -0.05) is 54.2 Å². The summed E-state index contributed by atoms with van der Waals surface area (Å²) in [5.74, 6) is 2.33. The topological polar surface area (TPSA) is 35.3 Å². The maximum Gasteiger partial charge on any atom is 0.174 e. The summed E-state index contributed by atoms with van der Waals surface area (Å²) in [6.07, 6.45) is 4.92. The van der Waals surface area contributed by atoms with E-state index in [9.17, 15) is 0 Å². The summed E-state index contributed by atoms with van der Waals surface area (Å²) in [4.78, 5) is 0. The number of hydrogen-bond acceptors (Lipinski definition) is 3. The van der Waals surface area contributed by atoms with E-state index in [2.05, 4.69) is 34.9 Å². The molecule has 3 aromatic rings. The van der Waals surface area contributed by atoms with Gasteiger partial charge in [0.05, 0.1) is 12.0 Å². The van der Waals surface area contributed by atoms with E-state index in [0.717, 1.165) is 45.5 Å². The fourth-order valence-corrected chi connectivity index (χ4v) is 3.30. The van der Waals surface area contributed by atoms with Crippen LogP contribution >= 0.6 is 15.9 Å². The number of hydrogen-bond donors (Lipinski definition) is 0. The Morgan fingerprint density at radius 3 is 2.64 bits per heavy atom. The van der Waals surface area contributed by atoms with Crippen molar-refractivity contribution < 1.29 is 9.26 Å². The molecule has 0 radical (unpaired) electrons. The van der Waals surface area contributed by atoms with Crippen molar-refractivity contribution in [3.05, 3.63) is 46.9 Å². The van der Waals surface area contributed by atoms with Crippen molar-refractivity contribution in [2.24, 2.45) is 5.92 Å². The van der Waals surface area contributed by atoms with E-state index in [-0.39, 0.29) is 0 Å². The zero-order valence-corrected chi connectivity index (χ0v) is 16.4. The van der Waals surface area contributed by atoms with Gasteiger partial charge in [0.1, 0.15) is 11.3 Å². The molecule has 2 aromatic carbocycles. The van der Waals surface area contributed by atoms with Crippen LogP contribution < -0.4 is 4.74 Å². The minimum absolute atomic E-state index is 0.634. The van der Waals surface area contributed by atoms with Crippen molar-refractivity contribution in [3.63, 3.8) is 0 Å². The number of nitrogens with zero attached hydrogens (tertiary/aromatic N) is 1. The lowest BCUT2D eigenvalue weighted by Gasteiger charge is -2.15. The highest BCUT2D eigenvalue weighted by Gasteiger charge is 2.12. The molecule has 0 N–H and O–H groups in total. The highest BCUT2D eigenvalue weighted by Crippen LogP contribution is 2.31. The van der Waals surface area contributed by atoms with Crippen LogP contribution in [0.15, 0.2) is 51.5 Å². The van der Waals surface area contributed by atoms with Gasteiger partial charge in [0.15, 0.2) is 5.76 Å². The molecule has 0 fully saturated rings. The first-order valence-electron chi connectivity index (χ1n) is 8.99. The van der Waals surface area contributed by atoms with Gasteiger partial charge < -0.3 is 9.26 Å². The fraction of sp³-hybridized carbons (Fsp3) is 0.381. The third-order valence-corrected chi connectivity index (χ3v) is 5.08. The molecule has 1 heterocycles. The molecular formula is C21H24BrNO2. The molecule has 25 heavy (non-hydrogen) atoms. The first-order valence-corrected chi connectivity index (χ1v) is 9.78. The van der Waals surface area contributed by atoms with Crippen LogP contribution in [0, 0.1) is 5.92 Å². The van der Waals surface area contributed by atoms with Crippen LogP contribution in [-0.4, -0.2) is 11.8 Å². The van der Waals surface area contributed by atoms with Gasteiger partial charge >= 0.3 is 0 Å². The SMILES string of the molecule is CCCCC(CC)COc1ccc(-c2onc3ccc(Br)cc23)cc1. The number of benzene rings is 2. The van der Waals surface area contributed by atoms with E-state index >= 15 is 0 Å². The zero-order valence-electron chi connectivity index (χ0n) is 14.8. The molecule has 0 saturated carbocycles. The Kier molecular flexibility index (Phi) is 6.14. The molecule has 0 amide bonds. The van der Waals surface area contributed by atoms with Crippen molar-refractivity contribution in [2.45, 2.75) is 39.5 Å². The predicted octanol–water partition coefficient (Wildman–Crippen LogP) is 6.85. The van der Waals surface area contributed by atoms with Crippen LogP contribution in [0.4, 0.5) is 0 Å². The summed E-state index contributed by atoms with van der Waals surface area (Å²) >= 11 is 3.50. The van der Waals surface area contributed by atoms with Crippen molar-refractivity contribution in [1.82, 2.24) is 5.16 Å². The minimum atomic E-state index is 0.634. The normalized spacial score (nSPS) is 12.4. The van der Waals surface area contributed by atoms with Gasteiger partial charge in [-0.2, -0.15) is 0 Å². The van der Waals surface area contributed by atoms with Crippen LogP contribution in [0.2, 0.25) is 0 Å². The van der Waals surface area contributed by atoms with Gasteiger partial charge in [-0.3, -0.25) is 0 Å². The van der Waals surface area contributed by atoms with E-state index in [4.69, 9.17) is 9.26 Å². The second-order valence-corrected chi connectivity index (χ2v) is 7.34. The molecule has 0 spiro atoms. The number of ether oxygens (including phenoxy) is 1. The first kappa shape index (κ1) is 18.0. The number of fused-ring (bicyclic) bond motifs is 1. The largest absolute Gasteiger partial charge is 0.493 e. The number of halogens is 1. The Morgan fingerprint density at radius 1 is 1.12 bits per heavy atom. The molecule has 1 unspecified atom stereocenters. The second-order valence-electron chi connectivity index (χ2n) is 6.43. The highest BCUT2D eigenvalue weighted by molar-refractivity contribution is 9.10. The maximum absolute atomic E-state index is 5.98. The molecule has 3 rings (SSSR count). The zero-order chi connectivity index (χ0) is 17.6. The van der Waals surface area contributed by atoms with Crippen LogP contribution in [0.5, 0.6) is 5.75 Å². The van der Waals surface area contributed by atoms with E-state index in [0.29, 0.717) is 5.92 Å². The summed E-state index contributed by atoms with van der Waals surface area (Å²) in [5.41, 5.74) is 1.87. The van der Waals surface area contributed by atoms with Crippen molar-refractivity contribution >= 4 is 26.8 Å². The monoisotopic (exact) mass is 401 g/mol. The summed E-state index contributed by atoms with van der Waals surface area (Å²) in [5, 5.41) is 5.14. The lowest BCUT2D eigenvalue weighted by atomic mass is 10.0. The van der Waals surface area contributed by atoms with E-state index in [1.165, 1.54) is 19.3 Å². The van der Waals surface area contributed by atoms with Crippen molar-refractivity contribution in [3.8, 4) is 17.1 Å². The van der Waals surface area contributed by atoms with Gasteiger partial charge in [0.2, 0.25) is 0 Å². The molecule has 0 bridgehead atoms. The average molecular weight is 402 g/mol. The lowest BCUT2D eigenvalue weighted by Crippen LogP contribution is -2.11. The molecule has 4 heteroatoms. The van der Waals surface area contributed by atoms with Gasteiger partial charge in [0, 0.05) is 10.0 Å². The minimum Gasteiger partial charge on any atom is -0.493 e. The molecule has 1 aromatic heterocycles.